The van der Waals surface area contributed by atoms with E-state index in [1.54, 1.807) is 25.2 Å². The fourth-order valence-corrected chi connectivity index (χ4v) is 4.79. The molecule has 7 heteroatoms. The zero-order valence-electron chi connectivity index (χ0n) is 10.0. The molecular weight excluding hydrogens is 370 g/mol. The highest BCUT2D eigenvalue weighted by atomic mass is 79.9. The summed E-state index contributed by atoms with van der Waals surface area (Å²) in [6.07, 6.45) is 0. The number of benzene rings is 1. The van der Waals surface area contributed by atoms with Gasteiger partial charge in [0.05, 0.1) is 5.02 Å². The summed E-state index contributed by atoms with van der Waals surface area (Å²) in [4.78, 5) is 1.10. The van der Waals surface area contributed by atoms with Crippen LogP contribution in [0, 0.1) is 0 Å². The minimum absolute atomic E-state index is 0.134. The van der Waals surface area contributed by atoms with Gasteiger partial charge < -0.3 is 0 Å². The fourth-order valence-electron chi connectivity index (χ4n) is 1.56. The van der Waals surface area contributed by atoms with E-state index in [-0.39, 0.29) is 9.92 Å². The van der Waals surface area contributed by atoms with Crippen LogP contribution >= 0.6 is 38.9 Å². The first kappa shape index (κ1) is 15.0. The smallest absolute Gasteiger partial charge is 0.207 e. The second-order valence-corrected chi connectivity index (χ2v) is 8.25. The molecule has 0 atom stereocenters. The Morgan fingerprint density at radius 3 is 2.63 bits per heavy atom. The van der Waals surface area contributed by atoms with Crippen molar-refractivity contribution in [1.82, 2.24) is 4.31 Å². The number of rotatable bonds is 4. The number of thiophene rings is 1. The molecule has 3 nitrogen and oxygen atoms in total. The highest BCUT2D eigenvalue weighted by molar-refractivity contribution is 9.10. The minimum Gasteiger partial charge on any atom is -0.207 e. The Morgan fingerprint density at radius 1 is 1.37 bits per heavy atom. The van der Waals surface area contributed by atoms with E-state index in [9.17, 15) is 8.42 Å². The minimum atomic E-state index is -3.57. The summed E-state index contributed by atoms with van der Waals surface area (Å²) >= 11 is 10.8. The van der Waals surface area contributed by atoms with Gasteiger partial charge in [0.15, 0.2) is 0 Å². The first-order chi connectivity index (χ1) is 8.91. The molecule has 2 rings (SSSR count). The van der Waals surface area contributed by atoms with Crippen LogP contribution in [0.15, 0.2) is 45.1 Å². The average Bonchev–Trinajstić information content (AvgIpc) is 2.75. The Morgan fingerprint density at radius 2 is 2.05 bits per heavy atom. The van der Waals surface area contributed by atoms with Crippen molar-refractivity contribution >= 4 is 48.9 Å². The van der Waals surface area contributed by atoms with Gasteiger partial charge in [-0.15, -0.1) is 11.3 Å². The van der Waals surface area contributed by atoms with Crippen LogP contribution in [0.1, 0.15) is 4.88 Å². The molecule has 1 aromatic heterocycles. The van der Waals surface area contributed by atoms with Gasteiger partial charge in [0.25, 0.3) is 0 Å². The summed E-state index contributed by atoms with van der Waals surface area (Å²) in [7, 11) is -2.02. The third kappa shape index (κ3) is 3.38. The van der Waals surface area contributed by atoms with Crippen LogP contribution in [-0.4, -0.2) is 19.8 Å². The highest BCUT2D eigenvalue weighted by Crippen LogP contribution is 2.26. The molecule has 0 amide bonds. The maximum absolute atomic E-state index is 12.4. The van der Waals surface area contributed by atoms with Crippen LogP contribution in [0.2, 0.25) is 5.02 Å². The quantitative estimate of drug-likeness (QED) is 0.804. The van der Waals surface area contributed by atoms with Crippen LogP contribution in [-0.2, 0) is 16.6 Å². The molecule has 0 spiro atoms. The van der Waals surface area contributed by atoms with Gasteiger partial charge in [-0.25, -0.2) is 8.42 Å². The number of hydrogen-bond acceptors (Lipinski definition) is 3. The lowest BCUT2D eigenvalue weighted by Gasteiger charge is -2.17. The zero-order chi connectivity index (χ0) is 14.0. The van der Waals surface area contributed by atoms with Gasteiger partial charge in [-0.3, -0.25) is 0 Å². The van der Waals surface area contributed by atoms with Crippen molar-refractivity contribution in [3.05, 3.63) is 50.1 Å². The Labute approximate surface area is 130 Å². The van der Waals surface area contributed by atoms with Gasteiger partial charge in [0, 0.05) is 28.3 Å². The van der Waals surface area contributed by atoms with E-state index in [4.69, 9.17) is 11.6 Å². The molecule has 2 aromatic rings. The van der Waals surface area contributed by atoms with E-state index in [0.29, 0.717) is 6.54 Å². The zero-order valence-corrected chi connectivity index (χ0v) is 14.0. The molecule has 0 saturated carbocycles. The number of sulfonamides is 1. The third-order valence-corrected chi connectivity index (χ3v) is 6.51. The second kappa shape index (κ2) is 5.93. The molecular formula is C12H11BrClNO2S2. The summed E-state index contributed by atoms with van der Waals surface area (Å²) in [5.74, 6) is 0. The summed E-state index contributed by atoms with van der Waals surface area (Å²) in [5.41, 5.74) is 0. The van der Waals surface area contributed by atoms with Gasteiger partial charge in [0.1, 0.15) is 4.90 Å². The van der Waals surface area contributed by atoms with E-state index < -0.39 is 10.0 Å². The van der Waals surface area contributed by atoms with Crippen molar-refractivity contribution in [3.8, 4) is 0 Å². The normalized spacial score (nSPS) is 12.0. The van der Waals surface area contributed by atoms with Gasteiger partial charge >= 0.3 is 0 Å². The average molecular weight is 381 g/mol. The molecule has 19 heavy (non-hydrogen) atoms. The van der Waals surface area contributed by atoms with E-state index in [2.05, 4.69) is 15.9 Å². The summed E-state index contributed by atoms with van der Waals surface area (Å²) in [6, 6.07) is 8.36. The van der Waals surface area contributed by atoms with Crippen molar-refractivity contribution in [2.24, 2.45) is 0 Å². The van der Waals surface area contributed by atoms with Crippen LogP contribution in [0.3, 0.4) is 0 Å². The van der Waals surface area contributed by atoms with Gasteiger partial charge in [-0.1, -0.05) is 23.7 Å². The van der Waals surface area contributed by atoms with Crippen LogP contribution in [0.25, 0.3) is 0 Å². The Balaban J connectivity index is 2.27. The lowest BCUT2D eigenvalue weighted by Crippen LogP contribution is -2.26. The molecule has 0 aliphatic carbocycles. The maximum atomic E-state index is 12.4. The molecule has 0 radical (unpaired) electrons. The number of hydrogen-bond donors (Lipinski definition) is 0. The summed E-state index contributed by atoms with van der Waals surface area (Å²) in [5, 5.41) is 2.16. The maximum Gasteiger partial charge on any atom is 0.244 e. The molecule has 0 unspecified atom stereocenters. The van der Waals surface area contributed by atoms with E-state index >= 15 is 0 Å². The molecule has 1 aromatic carbocycles. The standard InChI is InChI=1S/C12H11BrClNO2S2/c1-15(7-10-6-9(13)8-18-10)19(16,17)12-5-3-2-4-11(12)14/h2-6,8H,7H2,1H3. The Bertz CT molecular complexity index is 685. The van der Waals surface area contributed by atoms with Crippen LogP contribution < -0.4 is 0 Å². The fraction of sp³-hybridized carbons (Fsp3) is 0.167. The van der Waals surface area contributed by atoms with Crippen molar-refractivity contribution in [2.45, 2.75) is 11.4 Å². The Hall–Kier alpha value is -0.400. The molecule has 0 fully saturated rings. The van der Waals surface area contributed by atoms with Gasteiger partial charge in [-0.05, 0) is 34.1 Å². The van der Waals surface area contributed by atoms with E-state index in [0.717, 1.165) is 9.35 Å². The summed E-state index contributed by atoms with van der Waals surface area (Å²) in [6.45, 7) is 0.323. The molecule has 0 bridgehead atoms. The van der Waals surface area contributed by atoms with Crippen LogP contribution in [0.4, 0.5) is 0 Å². The first-order valence-electron chi connectivity index (χ1n) is 5.35. The lowest BCUT2D eigenvalue weighted by molar-refractivity contribution is 0.469. The molecule has 0 aliphatic rings. The van der Waals surface area contributed by atoms with E-state index in [1.807, 2.05) is 11.4 Å². The van der Waals surface area contributed by atoms with Crippen molar-refractivity contribution in [2.75, 3.05) is 7.05 Å². The summed E-state index contributed by atoms with van der Waals surface area (Å²) < 4.78 is 27.0. The van der Waals surface area contributed by atoms with Crippen molar-refractivity contribution in [3.63, 3.8) is 0 Å². The number of nitrogens with zero attached hydrogens (tertiary/aromatic N) is 1. The van der Waals surface area contributed by atoms with Crippen LogP contribution in [0.5, 0.6) is 0 Å². The Kier molecular flexibility index (Phi) is 4.68. The topological polar surface area (TPSA) is 37.4 Å². The SMILES string of the molecule is CN(Cc1cc(Br)cs1)S(=O)(=O)c1ccccc1Cl. The molecule has 0 N–H and O–H groups in total. The third-order valence-electron chi connectivity index (χ3n) is 2.53. The number of halogens is 2. The van der Waals surface area contributed by atoms with Crippen molar-refractivity contribution in [1.29, 1.82) is 0 Å². The molecule has 102 valence electrons. The second-order valence-electron chi connectivity index (χ2n) is 3.92. The monoisotopic (exact) mass is 379 g/mol. The molecule has 0 saturated heterocycles. The van der Waals surface area contributed by atoms with Gasteiger partial charge in [-0.2, -0.15) is 4.31 Å². The largest absolute Gasteiger partial charge is 0.244 e. The lowest BCUT2D eigenvalue weighted by atomic mass is 10.4. The predicted octanol–water partition coefficient (Wildman–Crippen LogP) is 3.98. The van der Waals surface area contributed by atoms with E-state index in [1.165, 1.54) is 21.7 Å². The predicted molar refractivity (Wildman–Crippen MR) is 82.1 cm³/mol. The molecule has 0 aliphatic heterocycles. The first-order valence-corrected chi connectivity index (χ1v) is 8.84. The molecule has 1 heterocycles. The van der Waals surface area contributed by atoms with Gasteiger partial charge in [0.2, 0.25) is 10.0 Å². The highest BCUT2D eigenvalue weighted by Gasteiger charge is 2.23. The van der Waals surface area contributed by atoms with Crippen molar-refractivity contribution < 1.29 is 8.42 Å².